The molecule has 0 aliphatic heterocycles. The Labute approximate surface area is 151 Å². The first kappa shape index (κ1) is 15.2. The third kappa shape index (κ3) is 2.32. The summed E-state index contributed by atoms with van der Waals surface area (Å²) in [5.41, 5.74) is 3.02. The van der Waals surface area contributed by atoms with Gasteiger partial charge < -0.3 is 9.52 Å². The van der Waals surface area contributed by atoms with Crippen molar-refractivity contribution in [1.29, 1.82) is 0 Å². The van der Waals surface area contributed by atoms with Gasteiger partial charge in [-0.05, 0) is 91.5 Å². The van der Waals surface area contributed by atoms with Gasteiger partial charge in [0.2, 0.25) is 0 Å². The van der Waals surface area contributed by atoms with Crippen LogP contribution in [0.2, 0.25) is 0 Å². The minimum Gasteiger partial charge on any atom is -0.459 e. The minimum absolute atomic E-state index is 0.0526. The Balaban J connectivity index is 1.50. The summed E-state index contributed by atoms with van der Waals surface area (Å²) in [6.07, 6.45) is 8.61. The van der Waals surface area contributed by atoms with E-state index in [0.29, 0.717) is 11.2 Å². The van der Waals surface area contributed by atoms with Crippen LogP contribution in [0.15, 0.2) is 39.2 Å². The molecule has 1 N–H and O–H groups in total. The Hall–Kier alpha value is -1.06. The highest BCUT2D eigenvalue weighted by Gasteiger charge is 2.51. The summed E-state index contributed by atoms with van der Waals surface area (Å²) >= 11 is 3.77. The van der Waals surface area contributed by atoms with E-state index in [1.165, 1.54) is 44.1 Å². The zero-order valence-corrected chi connectivity index (χ0v) is 15.4. The highest BCUT2D eigenvalue weighted by atomic mass is 79.9. The SMILES string of the molecule is OCc1ccc(-c2ccc(C34CC5CC(CC(C5)C3)C4)cc2Br)o1. The fraction of sp³-hybridized carbons (Fsp3) is 0.524. The molecule has 4 aliphatic carbocycles. The quantitative estimate of drug-likeness (QED) is 0.736. The number of rotatable bonds is 3. The van der Waals surface area contributed by atoms with Crippen LogP contribution < -0.4 is 0 Å². The van der Waals surface area contributed by atoms with Gasteiger partial charge in [0.15, 0.2) is 0 Å². The van der Waals surface area contributed by atoms with Gasteiger partial charge in [0.25, 0.3) is 0 Å². The average Bonchev–Trinajstić information content (AvgIpc) is 3.02. The first-order valence-corrected chi connectivity index (χ1v) is 9.94. The number of aliphatic hydroxyl groups excluding tert-OH is 1. The number of furan rings is 1. The zero-order chi connectivity index (χ0) is 16.3. The maximum atomic E-state index is 9.20. The van der Waals surface area contributed by atoms with E-state index >= 15 is 0 Å². The molecule has 2 aromatic rings. The lowest BCUT2D eigenvalue weighted by Crippen LogP contribution is -2.48. The van der Waals surface area contributed by atoms with Crippen LogP contribution in [-0.4, -0.2) is 5.11 Å². The second kappa shape index (κ2) is 5.47. The number of hydrogen-bond donors (Lipinski definition) is 1. The summed E-state index contributed by atoms with van der Waals surface area (Å²) in [6.45, 7) is -0.0526. The van der Waals surface area contributed by atoms with Crippen LogP contribution in [0.4, 0.5) is 0 Å². The van der Waals surface area contributed by atoms with Crippen LogP contribution in [0.5, 0.6) is 0 Å². The van der Waals surface area contributed by atoms with E-state index in [4.69, 9.17) is 4.42 Å². The smallest absolute Gasteiger partial charge is 0.135 e. The Morgan fingerprint density at radius 3 is 2.21 bits per heavy atom. The normalized spacial score (nSPS) is 34.0. The summed E-state index contributed by atoms with van der Waals surface area (Å²) in [4.78, 5) is 0. The number of hydrogen-bond acceptors (Lipinski definition) is 2. The van der Waals surface area contributed by atoms with Crippen molar-refractivity contribution in [2.45, 2.75) is 50.5 Å². The number of benzene rings is 1. The van der Waals surface area contributed by atoms with Crippen molar-refractivity contribution < 1.29 is 9.52 Å². The topological polar surface area (TPSA) is 33.4 Å². The van der Waals surface area contributed by atoms with E-state index in [1.807, 2.05) is 12.1 Å². The van der Waals surface area contributed by atoms with E-state index in [-0.39, 0.29) is 6.61 Å². The van der Waals surface area contributed by atoms with Gasteiger partial charge in [0.1, 0.15) is 18.1 Å². The van der Waals surface area contributed by atoms with Crippen LogP contribution >= 0.6 is 15.9 Å². The fourth-order valence-electron chi connectivity index (χ4n) is 6.12. The fourth-order valence-corrected chi connectivity index (χ4v) is 6.69. The Kier molecular flexibility index (Phi) is 3.47. The lowest BCUT2D eigenvalue weighted by atomic mass is 9.48. The highest BCUT2D eigenvalue weighted by Crippen LogP contribution is 2.61. The van der Waals surface area contributed by atoms with Gasteiger partial charge in [-0.3, -0.25) is 0 Å². The third-order valence-corrected chi connectivity index (χ3v) is 7.36. The van der Waals surface area contributed by atoms with E-state index < -0.39 is 0 Å². The molecule has 1 heterocycles. The second-order valence-electron chi connectivity index (χ2n) is 8.32. The Morgan fingerprint density at radius 2 is 1.67 bits per heavy atom. The molecule has 4 fully saturated rings. The molecule has 0 spiro atoms. The molecule has 4 aliphatic rings. The molecular weight excluding hydrogens is 364 g/mol. The lowest BCUT2D eigenvalue weighted by molar-refractivity contribution is -0.00520. The number of aliphatic hydroxyl groups is 1. The van der Waals surface area contributed by atoms with Gasteiger partial charge in [-0.1, -0.05) is 22.0 Å². The molecule has 2 nitrogen and oxygen atoms in total. The molecule has 0 unspecified atom stereocenters. The molecule has 3 heteroatoms. The predicted molar refractivity (Wildman–Crippen MR) is 97.6 cm³/mol. The Bertz CT molecular complexity index is 741. The molecule has 126 valence electrons. The van der Waals surface area contributed by atoms with Crippen molar-refractivity contribution in [1.82, 2.24) is 0 Å². The molecule has 4 bridgehead atoms. The van der Waals surface area contributed by atoms with Gasteiger partial charge in [-0.25, -0.2) is 0 Å². The third-order valence-electron chi connectivity index (χ3n) is 6.70. The number of halogens is 1. The highest BCUT2D eigenvalue weighted by molar-refractivity contribution is 9.10. The molecule has 0 amide bonds. The average molecular weight is 387 g/mol. The van der Waals surface area contributed by atoms with Crippen LogP contribution in [0.3, 0.4) is 0 Å². The van der Waals surface area contributed by atoms with Gasteiger partial charge in [-0.2, -0.15) is 0 Å². The van der Waals surface area contributed by atoms with E-state index in [0.717, 1.165) is 33.6 Å². The second-order valence-corrected chi connectivity index (χ2v) is 9.17. The van der Waals surface area contributed by atoms with Gasteiger partial charge in [0.05, 0.1) is 0 Å². The predicted octanol–water partition coefficient (Wildman–Crippen LogP) is 5.67. The summed E-state index contributed by atoms with van der Waals surface area (Å²) in [6, 6.07) is 10.6. The van der Waals surface area contributed by atoms with Crippen LogP contribution in [0.1, 0.15) is 49.8 Å². The van der Waals surface area contributed by atoms with Crippen molar-refractivity contribution in [3.05, 3.63) is 46.1 Å². The van der Waals surface area contributed by atoms with Crippen molar-refractivity contribution >= 4 is 15.9 Å². The monoisotopic (exact) mass is 386 g/mol. The molecule has 0 radical (unpaired) electrons. The largest absolute Gasteiger partial charge is 0.459 e. The van der Waals surface area contributed by atoms with Crippen LogP contribution in [0, 0.1) is 17.8 Å². The van der Waals surface area contributed by atoms with E-state index in [2.05, 4.69) is 34.1 Å². The molecular formula is C21H23BrO2. The zero-order valence-electron chi connectivity index (χ0n) is 13.8. The molecule has 0 saturated heterocycles. The van der Waals surface area contributed by atoms with Gasteiger partial charge >= 0.3 is 0 Å². The van der Waals surface area contributed by atoms with Crippen molar-refractivity contribution in [3.8, 4) is 11.3 Å². The summed E-state index contributed by atoms with van der Waals surface area (Å²) in [7, 11) is 0. The first-order chi connectivity index (χ1) is 11.6. The first-order valence-electron chi connectivity index (χ1n) is 9.15. The molecule has 4 saturated carbocycles. The molecule has 1 aromatic carbocycles. The van der Waals surface area contributed by atoms with Crippen molar-refractivity contribution in [2.75, 3.05) is 0 Å². The Morgan fingerprint density at radius 1 is 1.00 bits per heavy atom. The van der Waals surface area contributed by atoms with E-state index in [1.54, 1.807) is 0 Å². The standard InChI is InChI=1S/C21H23BrO2/c22-19-8-16(1-3-18(19)20-4-2-17(12-23)24-20)21-9-13-5-14(10-21)7-15(6-13)11-21/h1-4,8,13-15,23H,5-7,9-12H2. The van der Waals surface area contributed by atoms with Crippen LogP contribution in [-0.2, 0) is 12.0 Å². The summed E-state index contributed by atoms with van der Waals surface area (Å²) in [5, 5.41) is 9.20. The molecule has 0 atom stereocenters. The van der Waals surface area contributed by atoms with Crippen molar-refractivity contribution in [2.24, 2.45) is 17.8 Å². The lowest BCUT2D eigenvalue weighted by Gasteiger charge is -2.57. The molecule has 24 heavy (non-hydrogen) atoms. The maximum Gasteiger partial charge on any atom is 0.135 e. The summed E-state index contributed by atoms with van der Waals surface area (Å²) < 4.78 is 6.81. The summed E-state index contributed by atoms with van der Waals surface area (Å²) in [5.74, 6) is 4.33. The van der Waals surface area contributed by atoms with Gasteiger partial charge in [-0.15, -0.1) is 0 Å². The molecule has 1 aromatic heterocycles. The maximum absolute atomic E-state index is 9.20. The van der Waals surface area contributed by atoms with Crippen molar-refractivity contribution in [3.63, 3.8) is 0 Å². The van der Waals surface area contributed by atoms with Gasteiger partial charge in [0, 0.05) is 10.0 Å². The molecule has 6 rings (SSSR count). The minimum atomic E-state index is -0.0526. The van der Waals surface area contributed by atoms with E-state index in [9.17, 15) is 5.11 Å². The van der Waals surface area contributed by atoms with Crippen LogP contribution in [0.25, 0.3) is 11.3 Å².